The van der Waals surface area contributed by atoms with E-state index < -0.39 is 33.8 Å². The number of aliphatic hydroxyl groups is 2. The van der Waals surface area contributed by atoms with E-state index in [0.717, 1.165) is 50.8 Å². The zero-order valence-electron chi connectivity index (χ0n) is 26.2. The first-order chi connectivity index (χ1) is 20.8. The Bertz CT molecular complexity index is 1430. The maximum absolute atomic E-state index is 15.0. The third kappa shape index (κ3) is 4.07. The van der Waals surface area contributed by atoms with Crippen LogP contribution in [-0.4, -0.2) is 76.1 Å². The van der Waals surface area contributed by atoms with Crippen molar-refractivity contribution < 1.29 is 24.2 Å². The lowest BCUT2D eigenvalue weighted by Gasteiger charge is -2.71. The Balaban J connectivity index is 1.28. The molecule has 7 aliphatic rings. The van der Waals surface area contributed by atoms with E-state index in [2.05, 4.69) is 37.0 Å². The predicted octanol–water partition coefficient (Wildman–Crippen LogP) is 5.35. The molecule has 0 aromatic heterocycles. The topological polar surface area (TPSA) is 81.1 Å². The molecule has 6 nitrogen and oxygen atoms in total. The summed E-state index contributed by atoms with van der Waals surface area (Å²) >= 11 is 6.43. The highest BCUT2D eigenvalue weighted by atomic mass is 35.5. The van der Waals surface area contributed by atoms with Crippen LogP contribution in [0.4, 0.5) is 4.39 Å². The largest absolute Gasteiger partial charge is 0.393 e. The van der Waals surface area contributed by atoms with Gasteiger partial charge in [-0.25, -0.2) is 4.39 Å². The molecule has 1 saturated heterocycles. The Kier molecular flexibility index (Phi) is 7.10. The third-order valence-electron chi connectivity index (χ3n) is 13.7. The fourth-order valence-corrected chi connectivity index (χ4v) is 11.4. The maximum atomic E-state index is 15.0. The number of nitrogens with zero attached hydrogens (tertiary/aromatic N) is 2. The first-order valence-corrected chi connectivity index (χ1v) is 16.9. The number of fused-ring (bicyclic) bond motifs is 1. The molecule has 44 heavy (non-hydrogen) atoms. The van der Waals surface area contributed by atoms with Crippen LogP contribution in [0.2, 0.25) is 5.02 Å². The molecule has 2 N–H and O–H groups in total. The van der Waals surface area contributed by atoms with Gasteiger partial charge in [-0.3, -0.25) is 14.5 Å². The van der Waals surface area contributed by atoms with Gasteiger partial charge in [0.2, 0.25) is 5.91 Å². The molecule has 1 aliphatic heterocycles. The number of aliphatic hydroxyl groups excluding tert-OH is 1. The Morgan fingerprint density at radius 3 is 2.39 bits per heavy atom. The van der Waals surface area contributed by atoms with Gasteiger partial charge >= 0.3 is 0 Å². The van der Waals surface area contributed by atoms with Crippen LogP contribution in [0.1, 0.15) is 71.3 Å². The number of Topliss-reactive ketones (excluding diaryl/α,β-unsaturated/α-hetero) is 1. The normalized spacial score (nSPS) is 42.8. The Hall–Kier alpha value is -2.06. The third-order valence-corrected chi connectivity index (χ3v) is 14.1. The lowest BCUT2D eigenvalue weighted by atomic mass is 9.32. The Morgan fingerprint density at radius 2 is 1.68 bits per heavy atom. The maximum Gasteiger partial charge on any atom is 0.219 e. The number of hydrogen-bond donors (Lipinski definition) is 2. The van der Waals surface area contributed by atoms with Crippen LogP contribution in [-0.2, 0) is 16.0 Å². The number of rotatable bonds is 5. The molecule has 3 saturated carbocycles. The molecule has 8 rings (SSSR count). The van der Waals surface area contributed by atoms with Crippen molar-refractivity contribution in [1.29, 1.82) is 0 Å². The highest BCUT2D eigenvalue weighted by molar-refractivity contribution is 6.31. The van der Waals surface area contributed by atoms with Crippen molar-refractivity contribution in [3.63, 3.8) is 0 Å². The fourth-order valence-electron chi connectivity index (χ4n) is 11.2. The summed E-state index contributed by atoms with van der Waals surface area (Å²) in [5.41, 5.74) is -1.51. The van der Waals surface area contributed by atoms with Crippen molar-refractivity contribution in [2.45, 2.75) is 83.8 Å². The van der Waals surface area contributed by atoms with E-state index in [0.29, 0.717) is 32.5 Å². The first-order valence-electron chi connectivity index (χ1n) is 16.6. The number of β-amino-alcohol motifs (C(OH)–C–C–N with tert-alkyl or cyclic N) is 1. The molecule has 0 radical (unpaired) electrons. The molecule has 8 heteroatoms. The van der Waals surface area contributed by atoms with Gasteiger partial charge in [0.15, 0.2) is 5.78 Å². The Labute approximate surface area is 265 Å². The quantitative estimate of drug-likeness (QED) is 0.432. The smallest absolute Gasteiger partial charge is 0.219 e. The molecule has 2 bridgehead atoms. The second-order valence-electron chi connectivity index (χ2n) is 15.4. The van der Waals surface area contributed by atoms with E-state index in [1.54, 1.807) is 19.1 Å². The number of allylic oxidation sites excluding steroid dienone is 4. The number of amides is 1. The SMILES string of the molecule is CC(=O)N1CCN(C[C@]2(O)CC[C@H]3[C@]45C=C[C@@]6(C=C4C(=O)Cc4c(F)cccc4Cl)CC(O)CC[C@]6(C)[C@H]5CC[C@@]32C)CC1. The van der Waals surface area contributed by atoms with Gasteiger partial charge in [-0.1, -0.05) is 49.7 Å². The number of benzene rings is 1. The molecule has 1 heterocycles. The average molecular weight is 625 g/mol. The van der Waals surface area contributed by atoms with Gasteiger partial charge in [0.05, 0.1) is 11.7 Å². The molecule has 2 spiro atoms. The van der Waals surface area contributed by atoms with Gasteiger partial charge in [0, 0.05) is 78.5 Å². The van der Waals surface area contributed by atoms with Crippen LogP contribution in [0.5, 0.6) is 0 Å². The van der Waals surface area contributed by atoms with E-state index in [1.807, 2.05) is 4.90 Å². The zero-order chi connectivity index (χ0) is 31.3. The summed E-state index contributed by atoms with van der Waals surface area (Å²) < 4.78 is 15.0. The molecule has 1 aromatic rings. The number of piperazine rings is 1. The zero-order valence-corrected chi connectivity index (χ0v) is 27.0. The van der Waals surface area contributed by atoms with Gasteiger partial charge in [0.1, 0.15) is 5.82 Å². The minimum atomic E-state index is -0.928. The van der Waals surface area contributed by atoms with E-state index in [-0.39, 0.29) is 45.9 Å². The van der Waals surface area contributed by atoms with Gasteiger partial charge in [-0.15, -0.1) is 0 Å². The molecule has 1 unspecified atom stereocenters. The minimum absolute atomic E-state index is 0.0433. The minimum Gasteiger partial charge on any atom is -0.393 e. The van der Waals surface area contributed by atoms with Crippen molar-refractivity contribution in [2.24, 2.45) is 33.5 Å². The highest BCUT2D eigenvalue weighted by Crippen LogP contribution is 2.78. The summed E-state index contributed by atoms with van der Waals surface area (Å²) in [6.07, 6.45) is 11.7. The summed E-state index contributed by atoms with van der Waals surface area (Å²) in [5, 5.41) is 23.7. The summed E-state index contributed by atoms with van der Waals surface area (Å²) in [5.74, 6) is -0.251. The fraction of sp³-hybridized carbons (Fsp3) is 0.667. The summed E-state index contributed by atoms with van der Waals surface area (Å²) in [4.78, 5) is 30.6. The lowest BCUT2D eigenvalue weighted by Crippen LogP contribution is -2.67. The summed E-state index contributed by atoms with van der Waals surface area (Å²) in [7, 11) is 0. The molecular formula is C36H46ClFN2O4. The van der Waals surface area contributed by atoms with Crippen molar-refractivity contribution in [2.75, 3.05) is 32.7 Å². The van der Waals surface area contributed by atoms with E-state index in [1.165, 1.54) is 6.07 Å². The van der Waals surface area contributed by atoms with Crippen LogP contribution < -0.4 is 0 Å². The highest BCUT2D eigenvalue weighted by Gasteiger charge is 2.74. The average Bonchev–Trinajstić information content (AvgIpc) is 3.25. The number of halogens is 2. The van der Waals surface area contributed by atoms with Crippen LogP contribution in [0, 0.1) is 39.3 Å². The Morgan fingerprint density at radius 1 is 1.00 bits per heavy atom. The summed E-state index contributed by atoms with van der Waals surface area (Å²) in [6, 6.07) is 4.55. The second-order valence-corrected chi connectivity index (χ2v) is 15.8. The van der Waals surface area contributed by atoms with Crippen molar-refractivity contribution in [3.8, 4) is 0 Å². The first kappa shape index (κ1) is 30.6. The van der Waals surface area contributed by atoms with Crippen LogP contribution in [0.25, 0.3) is 0 Å². The molecule has 6 aliphatic carbocycles. The van der Waals surface area contributed by atoms with Crippen molar-refractivity contribution in [1.82, 2.24) is 9.80 Å². The standard InChI is InChI=1S/C36H46ClFN2O4/c1-23(41)40-17-15-39(16-18-40)22-35(44)12-9-31-33(35,3)11-8-30-32(2)10-7-24(42)20-34(32)13-14-36(30,31)26(21-34)29(43)19-25-27(37)5-4-6-28(25)38/h4-6,13-14,21,24,30-31,42,44H,7-12,15-20,22H2,1-3H3/t24?,30-,31-,32-,33+,34+,35-,36-/m1/s1. The van der Waals surface area contributed by atoms with Gasteiger partial charge in [0.25, 0.3) is 0 Å². The number of carbonyl (C=O) groups is 2. The van der Waals surface area contributed by atoms with E-state index in [9.17, 15) is 24.2 Å². The monoisotopic (exact) mass is 624 g/mol. The lowest BCUT2D eigenvalue weighted by molar-refractivity contribution is -0.180. The van der Waals surface area contributed by atoms with Gasteiger partial charge in [-0.05, 0) is 74.3 Å². The van der Waals surface area contributed by atoms with Crippen molar-refractivity contribution in [3.05, 3.63) is 58.4 Å². The molecule has 1 amide bonds. The van der Waals surface area contributed by atoms with Crippen LogP contribution >= 0.6 is 11.6 Å². The number of hydrogen-bond acceptors (Lipinski definition) is 5. The molecule has 1 aromatic carbocycles. The van der Waals surface area contributed by atoms with E-state index >= 15 is 0 Å². The molecule has 8 atom stereocenters. The van der Waals surface area contributed by atoms with Crippen LogP contribution in [0.15, 0.2) is 42.0 Å². The molecule has 238 valence electrons. The van der Waals surface area contributed by atoms with Crippen LogP contribution in [0.3, 0.4) is 0 Å². The predicted molar refractivity (Wildman–Crippen MR) is 167 cm³/mol. The number of carbonyl (C=O) groups excluding carboxylic acids is 2. The summed E-state index contributed by atoms with van der Waals surface area (Å²) in [6.45, 7) is 9.61. The van der Waals surface area contributed by atoms with Crippen molar-refractivity contribution >= 4 is 23.3 Å². The second kappa shape index (κ2) is 10.2. The number of ketones is 1. The molecular weight excluding hydrogens is 579 g/mol. The molecule has 4 fully saturated rings. The van der Waals surface area contributed by atoms with E-state index in [4.69, 9.17) is 11.6 Å². The van der Waals surface area contributed by atoms with Gasteiger partial charge < -0.3 is 15.1 Å². The van der Waals surface area contributed by atoms with Gasteiger partial charge in [-0.2, -0.15) is 0 Å².